The maximum absolute atomic E-state index is 13.3. The fraction of sp³-hybridized carbons (Fsp3) is 0.348. The summed E-state index contributed by atoms with van der Waals surface area (Å²) in [6, 6.07) is 11.4. The van der Waals surface area contributed by atoms with E-state index in [4.69, 9.17) is 20.3 Å². The van der Waals surface area contributed by atoms with Crippen molar-refractivity contribution in [3.8, 4) is 0 Å². The van der Waals surface area contributed by atoms with Crippen LogP contribution in [0.4, 0.5) is 10.3 Å². The molecule has 0 bridgehead atoms. The van der Waals surface area contributed by atoms with Gasteiger partial charge in [-0.1, -0.05) is 19.9 Å². The van der Waals surface area contributed by atoms with Crippen LogP contribution in [0.25, 0.3) is 11.0 Å². The number of hydrogen-bond donors (Lipinski definition) is 2. The second kappa shape index (κ2) is 9.71. The standard InChI is InChI=1S/C22H24FN5O2S.CH4O3S/c1-13(2)22(25-12-19(27-22)15-5-8-17(23)9-6-15)16-7-10-18-20(11-16)28(21(24)26-18)31(29,30)14(3)4;1-5(2,3)4/h5-14H,1-4H3,(H2,24,26);1H3,(H,2,3,4). The third kappa shape index (κ3) is 5.47. The van der Waals surface area contributed by atoms with Crippen LogP contribution in [0.15, 0.2) is 52.4 Å². The van der Waals surface area contributed by atoms with Gasteiger partial charge in [0.05, 0.1) is 34.5 Å². The first-order valence-electron chi connectivity index (χ1n) is 10.9. The van der Waals surface area contributed by atoms with Crippen LogP contribution in [0.1, 0.15) is 38.8 Å². The van der Waals surface area contributed by atoms with Crippen LogP contribution < -0.4 is 5.73 Å². The molecule has 0 fully saturated rings. The first-order chi connectivity index (χ1) is 16.6. The molecule has 0 radical (unpaired) electrons. The number of aliphatic imine (C=N–C) groups is 2. The Morgan fingerprint density at radius 1 is 1.03 bits per heavy atom. The van der Waals surface area contributed by atoms with E-state index in [0.717, 1.165) is 15.1 Å². The molecule has 1 unspecified atom stereocenters. The van der Waals surface area contributed by atoms with Crippen molar-refractivity contribution in [1.29, 1.82) is 0 Å². The van der Waals surface area contributed by atoms with E-state index in [1.165, 1.54) is 12.1 Å². The molecule has 0 saturated carbocycles. The Labute approximate surface area is 209 Å². The molecule has 0 aliphatic carbocycles. The first-order valence-corrected chi connectivity index (χ1v) is 14.3. The smallest absolute Gasteiger partial charge is 0.261 e. The molecule has 13 heteroatoms. The van der Waals surface area contributed by atoms with Crippen LogP contribution >= 0.6 is 0 Å². The van der Waals surface area contributed by atoms with E-state index in [-0.39, 0.29) is 17.7 Å². The highest BCUT2D eigenvalue weighted by molar-refractivity contribution is 7.90. The minimum Gasteiger partial charge on any atom is -0.368 e. The van der Waals surface area contributed by atoms with Gasteiger partial charge >= 0.3 is 0 Å². The molecule has 194 valence electrons. The predicted molar refractivity (Wildman–Crippen MR) is 139 cm³/mol. The van der Waals surface area contributed by atoms with Gasteiger partial charge in [-0.2, -0.15) is 8.42 Å². The number of nitrogens with two attached hydrogens (primary N) is 1. The van der Waals surface area contributed by atoms with Crippen molar-refractivity contribution in [3.05, 3.63) is 59.4 Å². The van der Waals surface area contributed by atoms with E-state index in [2.05, 4.69) is 4.98 Å². The molecule has 1 aliphatic heterocycles. The second-order valence-corrected chi connectivity index (χ2v) is 12.7. The van der Waals surface area contributed by atoms with Gasteiger partial charge < -0.3 is 5.73 Å². The Morgan fingerprint density at radius 3 is 2.14 bits per heavy atom. The van der Waals surface area contributed by atoms with Gasteiger partial charge in [0.15, 0.2) is 5.66 Å². The Bertz CT molecular complexity index is 1550. The molecule has 4 rings (SSSR count). The van der Waals surface area contributed by atoms with E-state index in [9.17, 15) is 21.2 Å². The highest BCUT2D eigenvalue weighted by Gasteiger charge is 2.39. The van der Waals surface area contributed by atoms with Gasteiger partial charge in [-0.3, -0.25) is 9.55 Å². The fourth-order valence-electron chi connectivity index (χ4n) is 3.69. The number of rotatable bonds is 5. The normalized spacial score (nSPS) is 18.0. The topological polar surface area (TPSA) is 157 Å². The lowest BCUT2D eigenvalue weighted by atomic mass is 9.89. The number of nitrogens with zero attached hydrogens (tertiary/aromatic N) is 4. The van der Waals surface area contributed by atoms with Gasteiger partial charge in [0.1, 0.15) is 5.82 Å². The molecule has 0 saturated heterocycles. The number of nitrogen functional groups attached to an aromatic ring is 1. The van der Waals surface area contributed by atoms with Gasteiger partial charge in [-0.15, -0.1) is 0 Å². The number of hydrogen-bond acceptors (Lipinski definition) is 8. The van der Waals surface area contributed by atoms with E-state index >= 15 is 0 Å². The third-order valence-corrected chi connectivity index (χ3v) is 7.62. The maximum atomic E-state index is 13.3. The zero-order chi connectivity index (χ0) is 27.1. The number of anilines is 1. The SMILES string of the molecule is CC(C)C1(c2ccc3nc(N)n(S(=O)(=O)C(C)C)c3c2)N=CC(c2ccc(F)cc2)=N1.CS(=O)(=O)O. The summed E-state index contributed by atoms with van der Waals surface area (Å²) in [4.78, 5) is 13.8. The Hall–Kier alpha value is -3.16. The Balaban J connectivity index is 0.000000658. The third-order valence-electron chi connectivity index (χ3n) is 5.53. The summed E-state index contributed by atoms with van der Waals surface area (Å²) in [6.45, 7) is 7.19. The van der Waals surface area contributed by atoms with Crippen molar-refractivity contribution in [2.45, 2.75) is 38.6 Å². The van der Waals surface area contributed by atoms with Crippen molar-refractivity contribution < 1.29 is 25.8 Å². The summed E-state index contributed by atoms with van der Waals surface area (Å²) in [5.74, 6) is -0.434. The molecular weight excluding hydrogens is 509 g/mol. The second-order valence-electron chi connectivity index (χ2n) is 8.91. The highest BCUT2D eigenvalue weighted by Crippen LogP contribution is 2.40. The average molecular weight is 538 g/mol. The highest BCUT2D eigenvalue weighted by atomic mass is 32.2. The van der Waals surface area contributed by atoms with Crippen LogP contribution in [0.3, 0.4) is 0 Å². The summed E-state index contributed by atoms with van der Waals surface area (Å²) in [5, 5.41) is -0.664. The van der Waals surface area contributed by atoms with Gasteiger partial charge in [0.25, 0.3) is 10.1 Å². The summed E-state index contributed by atoms with van der Waals surface area (Å²) >= 11 is 0. The van der Waals surface area contributed by atoms with Gasteiger partial charge in [-0.25, -0.2) is 26.8 Å². The van der Waals surface area contributed by atoms with Gasteiger partial charge in [-0.05, 0) is 50.2 Å². The maximum Gasteiger partial charge on any atom is 0.261 e. The molecule has 36 heavy (non-hydrogen) atoms. The van der Waals surface area contributed by atoms with Crippen LogP contribution in [0.5, 0.6) is 0 Å². The molecule has 3 aromatic rings. The van der Waals surface area contributed by atoms with Crippen molar-refractivity contribution in [3.63, 3.8) is 0 Å². The largest absolute Gasteiger partial charge is 0.368 e. The summed E-state index contributed by atoms with van der Waals surface area (Å²) in [5.41, 5.74) is 8.02. The molecule has 1 aliphatic rings. The minimum absolute atomic E-state index is 0.0328. The lowest BCUT2D eigenvalue weighted by Crippen LogP contribution is -2.27. The van der Waals surface area contributed by atoms with Crippen molar-refractivity contribution in [2.24, 2.45) is 15.9 Å². The zero-order valence-corrected chi connectivity index (χ0v) is 22.0. The van der Waals surface area contributed by atoms with Crippen molar-refractivity contribution in [2.75, 3.05) is 12.0 Å². The average Bonchev–Trinajstić information content (AvgIpc) is 3.34. The van der Waals surface area contributed by atoms with Gasteiger partial charge in [0.2, 0.25) is 16.0 Å². The molecular formula is C23H28FN5O5S2. The number of imidazole rings is 1. The Morgan fingerprint density at radius 2 is 1.61 bits per heavy atom. The lowest BCUT2D eigenvalue weighted by molar-refractivity contribution is 0.344. The van der Waals surface area contributed by atoms with Crippen molar-refractivity contribution >= 4 is 49.0 Å². The molecule has 3 N–H and O–H groups in total. The van der Waals surface area contributed by atoms with Crippen LogP contribution in [-0.2, 0) is 25.8 Å². The molecule has 2 aromatic carbocycles. The van der Waals surface area contributed by atoms with E-state index < -0.39 is 31.1 Å². The predicted octanol–water partition coefficient (Wildman–Crippen LogP) is 3.23. The van der Waals surface area contributed by atoms with E-state index in [0.29, 0.717) is 23.0 Å². The first kappa shape index (κ1) is 27.4. The fourth-order valence-corrected chi connectivity index (χ4v) is 4.83. The summed E-state index contributed by atoms with van der Waals surface area (Å²) in [7, 11) is -7.38. The number of benzene rings is 2. The van der Waals surface area contributed by atoms with E-state index in [1.54, 1.807) is 44.3 Å². The van der Waals surface area contributed by atoms with E-state index in [1.807, 2.05) is 19.9 Å². The minimum atomic E-state index is -3.71. The van der Waals surface area contributed by atoms with Crippen LogP contribution in [0.2, 0.25) is 0 Å². The number of halogens is 1. The number of fused-ring (bicyclic) bond motifs is 1. The molecule has 2 heterocycles. The Kier molecular flexibility index (Phi) is 7.40. The quantitative estimate of drug-likeness (QED) is 0.473. The molecule has 1 aromatic heterocycles. The van der Waals surface area contributed by atoms with Crippen LogP contribution in [-0.4, -0.2) is 53.8 Å². The molecule has 1 atom stereocenters. The molecule has 0 amide bonds. The van der Waals surface area contributed by atoms with Crippen molar-refractivity contribution in [1.82, 2.24) is 8.96 Å². The van der Waals surface area contributed by atoms with Gasteiger partial charge in [0, 0.05) is 17.0 Å². The summed E-state index contributed by atoms with van der Waals surface area (Å²) in [6.07, 6.45) is 2.39. The lowest BCUT2D eigenvalue weighted by Gasteiger charge is -2.28. The molecule has 10 nitrogen and oxygen atoms in total. The monoisotopic (exact) mass is 537 g/mol. The van der Waals surface area contributed by atoms with Crippen LogP contribution in [0, 0.1) is 11.7 Å². The molecule has 0 spiro atoms. The number of aromatic nitrogens is 2. The zero-order valence-electron chi connectivity index (χ0n) is 20.4. The summed E-state index contributed by atoms with van der Waals surface area (Å²) < 4.78 is 66.1.